The molecule has 186 valence electrons. The predicted molar refractivity (Wildman–Crippen MR) is 128 cm³/mol. The van der Waals surface area contributed by atoms with Crippen LogP contribution in [0.4, 0.5) is 4.79 Å². The minimum Gasteiger partial charge on any atom is -0.490 e. The van der Waals surface area contributed by atoms with E-state index in [1.165, 1.54) is 0 Å². The Morgan fingerprint density at radius 3 is 2.65 bits per heavy atom. The van der Waals surface area contributed by atoms with E-state index in [9.17, 15) is 9.59 Å². The van der Waals surface area contributed by atoms with Crippen LogP contribution in [0.5, 0.6) is 5.75 Å². The van der Waals surface area contributed by atoms with Crippen molar-refractivity contribution in [1.29, 1.82) is 0 Å². The summed E-state index contributed by atoms with van der Waals surface area (Å²) in [5.74, 6) is 1.24. The van der Waals surface area contributed by atoms with Gasteiger partial charge in [0.1, 0.15) is 12.4 Å². The van der Waals surface area contributed by atoms with Crippen LogP contribution >= 0.6 is 0 Å². The zero-order valence-corrected chi connectivity index (χ0v) is 20.6. The number of aromatic nitrogens is 1. The molecule has 1 heterocycles. The van der Waals surface area contributed by atoms with Gasteiger partial charge in [0, 0.05) is 25.6 Å². The van der Waals surface area contributed by atoms with Gasteiger partial charge < -0.3 is 24.0 Å². The maximum atomic E-state index is 12.3. The molecule has 0 aliphatic heterocycles. The van der Waals surface area contributed by atoms with E-state index >= 15 is 0 Å². The van der Waals surface area contributed by atoms with E-state index in [-0.39, 0.29) is 31.1 Å². The third-order valence-electron chi connectivity index (χ3n) is 6.30. The number of carboxylic acid groups (broad SMARTS) is 1. The van der Waals surface area contributed by atoms with E-state index in [0.717, 1.165) is 49.0 Å². The number of rotatable bonds is 10. The Hall–Kier alpha value is -3.03. The molecule has 34 heavy (non-hydrogen) atoms. The molecule has 1 aromatic heterocycles. The summed E-state index contributed by atoms with van der Waals surface area (Å²) in [6, 6.07) is 7.55. The third-order valence-corrected chi connectivity index (χ3v) is 6.30. The van der Waals surface area contributed by atoms with Crippen molar-refractivity contribution in [2.75, 3.05) is 13.6 Å². The molecule has 0 radical (unpaired) electrons. The first-order chi connectivity index (χ1) is 16.2. The highest BCUT2D eigenvalue weighted by atomic mass is 16.6. The fraction of sp³-hybridized carbons (Fsp3) is 0.577. The van der Waals surface area contributed by atoms with Crippen LogP contribution in [-0.4, -0.2) is 46.9 Å². The Bertz CT molecular complexity index is 953. The van der Waals surface area contributed by atoms with Crippen molar-refractivity contribution < 1.29 is 28.7 Å². The molecule has 1 amide bonds. The SMILES string of the molecule is Cc1noc(-c2ccc(O[C@@H]3CCC[C@@H](CC(=O)O)C3)cc2)c1COC(=O)N(C)CCC(C)C. The van der Waals surface area contributed by atoms with Gasteiger partial charge in [-0.2, -0.15) is 0 Å². The highest BCUT2D eigenvalue weighted by molar-refractivity contribution is 5.68. The van der Waals surface area contributed by atoms with Crippen molar-refractivity contribution in [3.63, 3.8) is 0 Å². The van der Waals surface area contributed by atoms with Crippen molar-refractivity contribution in [1.82, 2.24) is 10.1 Å². The first-order valence-electron chi connectivity index (χ1n) is 12.0. The van der Waals surface area contributed by atoms with E-state index in [1.54, 1.807) is 11.9 Å². The molecular weight excluding hydrogens is 436 g/mol. The lowest BCUT2D eigenvalue weighted by molar-refractivity contribution is -0.138. The highest BCUT2D eigenvalue weighted by Gasteiger charge is 2.25. The van der Waals surface area contributed by atoms with Crippen LogP contribution < -0.4 is 4.74 Å². The van der Waals surface area contributed by atoms with Gasteiger partial charge in [-0.3, -0.25) is 4.79 Å². The summed E-state index contributed by atoms with van der Waals surface area (Å²) in [4.78, 5) is 24.9. The van der Waals surface area contributed by atoms with Crippen LogP contribution in [0.15, 0.2) is 28.8 Å². The van der Waals surface area contributed by atoms with Gasteiger partial charge >= 0.3 is 12.1 Å². The highest BCUT2D eigenvalue weighted by Crippen LogP contribution is 2.32. The van der Waals surface area contributed by atoms with Crippen LogP contribution in [0.2, 0.25) is 0 Å². The molecule has 0 spiro atoms. The van der Waals surface area contributed by atoms with E-state index < -0.39 is 5.97 Å². The lowest BCUT2D eigenvalue weighted by Crippen LogP contribution is -2.29. The quantitative estimate of drug-likeness (QED) is 0.475. The molecular formula is C26H36N2O6. The van der Waals surface area contributed by atoms with E-state index in [0.29, 0.717) is 23.9 Å². The van der Waals surface area contributed by atoms with Gasteiger partial charge in [-0.1, -0.05) is 19.0 Å². The van der Waals surface area contributed by atoms with Crippen LogP contribution in [0.1, 0.15) is 63.6 Å². The molecule has 3 rings (SSSR count). The monoisotopic (exact) mass is 472 g/mol. The van der Waals surface area contributed by atoms with Crippen molar-refractivity contribution in [3.8, 4) is 17.1 Å². The number of aryl methyl sites for hydroxylation is 1. The maximum absolute atomic E-state index is 12.3. The number of ether oxygens (including phenoxy) is 2. The van der Waals surface area contributed by atoms with Gasteiger partial charge in [0.05, 0.1) is 17.4 Å². The number of carbonyl (C=O) groups is 2. The van der Waals surface area contributed by atoms with Crippen LogP contribution in [-0.2, 0) is 16.1 Å². The van der Waals surface area contributed by atoms with Gasteiger partial charge in [-0.05, 0) is 75.1 Å². The summed E-state index contributed by atoms with van der Waals surface area (Å²) < 4.78 is 17.2. The zero-order valence-electron chi connectivity index (χ0n) is 20.6. The van der Waals surface area contributed by atoms with Gasteiger partial charge in [0.25, 0.3) is 0 Å². The third kappa shape index (κ3) is 7.23. The Labute approximate surface area is 201 Å². The van der Waals surface area contributed by atoms with Gasteiger partial charge in [0.2, 0.25) is 0 Å². The van der Waals surface area contributed by atoms with Gasteiger partial charge in [-0.15, -0.1) is 0 Å². The second kappa shape index (κ2) is 11.9. The average Bonchev–Trinajstić information content (AvgIpc) is 3.16. The summed E-state index contributed by atoms with van der Waals surface area (Å²) in [7, 11) is 1.74. The molecule has 0 saturated heterocycles. The van der Waals surface area contributed by atoms with E-state index in [4.69, 9.17) is 19.1 Å². The van der Waals surface area contributed by atoms with Crippen molar-refractivity contribution in [2.24, 2.45) is 11.8 Å². The Balaban J connectivity index is 1.59. The first kappa shape index (κ1) is 25.6. The first-order valence-corrected chi connectivity index (χ1v) is 12.0. The minimum atomic E-state index is -0.749. The normalized spacial score (nSPS) is 18.0. The largest absolute Gasteiger partial charge is 0.490 e. The Morgan fingerprint density at radius 2 is 1.97 bits per heavy atom. The fourth-order valence-corrected chi connectivity index (χ4v) is 4.23. The van der Waals surface area contributed by atoms with Crippen molar-refractivity contribution >= 4 is 12.1 Å². The molecule has 1 saturated carbocycles. The Morgan fingerprint density at radius 1 is 1.24 bits per heavy atom. The van der Waals surface area contributed by atoms with Crippen molar-refractivity contribution in [3.05, 3.63) is 35.5 Å². The molecule has 1 fully saturated rings. The molecule has 0 unspecified atom stereocenters. The fourth-order valence-electron chi connectivity index (χ4n) is 4.23. The summed E-state index contributed by atoms with van der Waals surface area (Å²) >= 11 is 0. The summed E-state index contributed by atoms with van der Waals surface area (Å²) in [5, 5.41) is 13.1. The summed E-state index contributed by atoms with van der Waals surface area (Å²) in [6.45, 7) is 6.79. The number of aliphatic carboxylic acids is 1. The lowest BCUT2D eigenvalue weighted by Gasteiger charge is -2.28. The summed E-state index contributed by atoms with van der Waals surface area (Å²) in [6.07, 6.45) is 4.38. The van der Waals surface area contributed by atoms with E-state index in [1.807, 2.05) is 31.2 Å². The Kier molecular flexibility index (Phi) is 8.96. The second-order valence-electron chi connectivity index (χ2n) is 9.63. The molecule has 1 aliphatic carbocycles. The van der Waals surface area contributed by atoms with Crippen LogP contribution in [0, 0.1) is 18.8 Å². The topological polar surface area (TPSA) is 102 Å². The van der Waals surface area contributed by atoms with Gasteiger partial charge in [-0.25, -0.2) is 4.79 Å². The molecule has 2 atom stereocenters. The summed E-state index contributed by atoms with van der Waals surface area (Å²) in [5.41, 5.74) is 2.24. The minimum absolute atomic E-state index is 0.0270. The smallest absolute Gasteiger partial charge is 0.409 e. The number of carboxylic acids is 1. The number of nitrogens with zero attached hydrogens (tertiary/aromatic N) is 2. The zero-order chi connectivity index (χ0) is 24.7. The number of hydrogen-bond donors (Lipinski definition) is 1. The molecule has 0 bridgehead atoms. The van der Waals surface area contributed by atoms with Crippen LogP contribution in [0.25, 0.3) is 11.3 Å². The standard InChI is InChI=1S/C26H36N2O6/c1-17(2)12-13-28(4)26(31)32-16-23-18(3)27-34-25(23)20-8-10-21(11-9-20)33-22-7-5-6-19(14-22)15-24(29)30/h8-11,17,19,22H,5-7,12-16H2,1-4H3,(H,29,30)/t19-,22-/m1/s1. The molecule has 1 aliphatic rings. The number of hydrogen-bond acceptors (Lipinski definition) is 6. The molecule has 8 nitrogen and oxygen atoms in total. The second-order valence-corrected chi connectivity index (χ2v) is 9.63. The maximum Gasteiger partial charge on any atom is 0.409 e. The molecule has 1 aromatic carbocycles. The lowest BCUT2D eigenvalue weighted by atomic mass is 9.85. The van der Waals surface area contributed by atoms with Crippen molar-refractivity contribution in [2.45, 2.75) is 72.0 Å². The van der Waals surface area contributed by atoms with E-state index in [2.05, 4.69) is 19.0 Å². The number of amides is 1. The molecule has 8 heteroatoms. The molecule has 1 N–H and O–H groups in total. The molecule has 2 aromatic rings. The number of carbonyl (C=O) groups excluding carboxylic acids is 1. The number of benzene rings is 1. The predicted octanol–water partition coefficient (Wildman–Crippen LogP) is 5.68. The average molecular weight is 473 g/mol. The van der Waals surface area contributed by atoms with Crippen LogP contribution in [0.3, 0.4) is 0 Å². The van der Waals surface area contributed by atoms with Gasteiger partial charge in [0.15, 0.2) is 5.76 Å².